The highest BCUT2D eigenvalue weighted by molar-refractivity contribution is 7.80. The molecule has 3 rings (SSSR count). The van der Waals surface area contributed by atoms with Gasteiger partial charge in [0.1, 0.15) is 0 Å². The summed E-state index contributed by atoms with van der Waals surface area (Å²) < 4.78 is 0. The number of anilines is 2. The average molecular weight is 410 g/mol. The maximum Gasteiger partial charge on any atom is 0.257 e. The Bertz CT molecular complexity index is 1020. The van der Waals surface area contributed by atoms with E-state index in [1.165, 1.54) is 0 Å². The number of rotatable bonds is 4. The summed E-state index contributed by atoms with van der Waals surface area (Å²) in [4.78, 5) is 24.6. The molecule has 140 valence electrons. The molecule has 7 heteroatoms. The standard InChI is InChI=1S/C21H16ClN3O2S/c22-16-9-5-11-18(13-16)23-20(27)15-8-4-10-17(12-15)24-21(28)25-19(26)14-6-2-1-3-7-14/h1-13H,(H,23,27)(H2,24,25,26,28). The molecule has 0 aromatic heterocycles. The van der Waals surface area contributed by atoms with E-state index >= 15 is 0 Å². The fraction of sp³-hybridized carbons (Fsp3) is 0. The fourth-order valence-corrected chi connectivity index (χ4v) is 2.84. The lowest BCUT2D eigenvalue weighted by Gasteiger charge is -2.11. The van der Waals surface area contributed by atoms with E-state index in [0.29, 0.717) is 27.5 Å². The first-order chi connectivity index (χ1) is 13.5. The second kappa shape index (κ2) is 9.12. The van der Waals surface area contributed by atoms with Gasteiger partial charge in [0, 0.05) is 27.5 Å². The van der Waals surface area contributed by atoms with E-state index in [4.69, 9.17) is 23.8 Å². The first-order valence-electron chi connectivity index (χ1n) is 8.35. The van der Waals surface area contributed by atoms with Gasteiger partial charge in [0.25, 0.3) is 11.8 Å². The minimum atomic E-state index is -0.312. The Labute approximate surface area is 172 Å². The van der Waals surface area contributed by atoms with E-state index in [1.807, 2.05) is 6.07 Å². The fourth-order valence-electron chi connectivity index (χ4n) is 2.43. The summed E-state index contributed by atoms with van der Waals surface area (Å²) in [6.07, 6.45) is 0. The monoisotopic (exact) mass is 409 g/mol. The summed E-state index contributed by atoms with van der Waals surface area (Å²) in [5, 5.41) is 8.97. The van der Waals surface area contributed by atoms with Crippen LogP contribution in [-0.4, -0.2) is 16.9 Å². The van der Waals surface area contributed by atoms with Crippen molar-refractivity contribution in [3.63, 3.8) is 0 Å². The van der Waals surface area contributed by atoms with Gasteiger partial charge >= 0.3 is 0 Å². The van der Waals surface area contributed by atoms with Crippen molar-refractivity contribution in [3.05, 3.63) is 95.0 Å². The summed E-state index contributed by atoms with van der Waals surface area (Å²) in [5.74, 6) is -0.599. The van der Waals surface area contributed by atoms with Crippen molar-refractivity contribution in [1.82, 2.24) is 5.32 Å². The Morgan fingerprint density at radius 2 is 1.36 bits per heavy atom. The van der Waals surface area contributed by atoms with Crippen molar-refractivity contribution in [2.24, 2.45) is 0 Å². The van der Waals surface area contributed by atoms with Crippen LogP contribution in [0.4, 0.5) is 11.4 Å². The molecule has 0 radical (unpaired) electrons. The van der Waals surface area contributed by atoms with Gasteiger partial charge in [0.15, 0.2) is 5.11 Å². The SMILES string of the molecule is O=C(NC(=S)Nc1cccc(C(=O)Nc2cccc(Cl)c2)c1)c1ccccc1. The Balaban J connectivity index is 1.63. The van der Waals surface area contributed by atoms with Crippen molar-refractivity contribution >= 4 is 52.1 Å². The highest BCUT2D eigenvalue weighted by Gasteiger charge is 2.10. The van der Waals surface area contributed by atoms with E-state index in [9.17, 15) is 9.59 Å². The lowest BCUT2D eigenvalue weighted by molar-refractivity contribution is 0.0976. The molecule has 0 unspecified atom stereocenters. The number of benzene rings is 3. The molecule has 3 aromatic carbocycles. The molecule has 0 saturated heterocycles. The Hall–Kier alpha value is -3.22. The van der Waals surface area contributed by atoms with Gasteiger partial charge in [-0.05, 0) is 60.7 Å². The molecular formula is C21H16ClN3O2S. The molecule has 0 bridgehead atoms. The first-order valence-corrected chi connectivity index (χ1v) is 9.14. The van der Waals surface area contributed by atoms with Gasteiger partial charge in [-0.25, -0.2) is 0 Å². The molecular weight excluding hydrogens is 394 g/mol. The highest BCUT2D eigenvalue weighted by Crippen LogP contribution is 2.17. The molecule has 0 aliphatic heterocycles. The lowest BCUT2D eigenvalue weighted by Crippen LogP contribution is -2.34. The summed E-state index contributed by atoms with van der Waals surface area (Å²) in [6, 6.07) is 22.4. The van der Waals surface area contributed by atoms with Gasteiger partial charge < -0.3 is 10.6 Å². The average Bonchev–Trinajstić information content (AvgIpc) is 2.68. The molecule has 0 saturated carbocycles. The van der Waals surface area contributed by atoms with E-state index in [0.717, 1.165) is 0 Å². The molecule has 0 spiro atoms. The third kappa shape index (κ3) is 5.39. The number of nitrogens with one attached hydrogen (secondary N) is 3. The maximum absolute atomic E-state index is 12.4. The lowest BCUT2D eigenvalue weighted by atomic mass is 10.2. The van der Waals surface area contributed by atoms with E-state index < -0.39 is 0 Å². The van der Waals surface area contributed by atoms with Crippen LogP contribution in [0.2, 0.25) is 5.02 Å². The maximum atomic E-state index is 12.4. The smallest absolute Gasteiger partial charge is 0.257 e. The topological polar surface area (TPSA) is 70.2 Å². The number of thiocarbonyl (C=S) groups is 1. The Morgan fingerprint density at radius 3 is 2.07 bits per heavy atom. The molecule has 0 fully saturated rings. The Kier molecular flexibility index (Phi) is 6.37. The minimum Gasteiger partial charge on any atom is -0.332 e. The first kappa shape index (κ1) is 19.5. The molecule has 28 heavy (non-hydrogen) atoms. The molecule has 0 heterocycles. The predicted octanol–water partition coefficient (Wildman–Crippen LogP) is 4.72. The van der Waals surface area contributed by atoms with Crippen LogP contribution in [0.5, 0.6) is 0 Å². The number of carbonyl (C=O) groups is 2. The summed E-state index contributed by atoms with van der Waals surface area (Å²) in [7, 11) is 0. The van der Waals surface area contributed by atoms with Crippen LogP contribution in [0.25, 0.3) is 0 Å². The molecule has 0 atom stereocenters. The van der Waals surface area contributed by atoms with Crippen LogP contribution in [0, 0.1) is 0 Å². The normalized spacial score (nSPS) is 10.0. The van der Waals surface area contributed by atoms with Crippen LogP contribution in [0.3, 0.4) is 0 Å². The second-order valence-electron chi connectivity index (χ2n) is 5.82. The third-order valence-electron chi connectivity index (χ3n) is 3.73. The number of halogens is 1. The Morgan fingerprint density at radius 1 is 0.714 bits per heavy atom. The zero-order valence-electron chi connectivity index (χ0n) is 14.6. The van der Waals surface area contributed by atoms with Crippen LogP contribution in [0.1, 0.15) is 20.7 Å². The number of hydrogen-bond acceptors (Lipinski definition) is 3. The molecule has 0 aliphatic carbocycles. The largest absolute Gasteiger partial charge is 0.332 e. The van der Waals surface area contributed by atoms with Gasteiger partial charge in [-0.2, -0.15) is 0 Å². The summed E-state index contributed by atoms with van der Waals surface area (Å²) in [5.41, 5.74) is 2.11. The molecule has 0 aliphatic rings. The van der Waals surface area contributed by atoms with E-state index in [1.54, 1.807) is 72.8 Å². The van der Waals surface area contributed by atoms with Crippen molar-refractivity contribution in [2.45, 2.75) is 0 Å². The van der Waals surface area contributed by atoms with Crippen molar-refractivity contribution in [2.75, 3.05) is 10.6 Å². The van der Waals surface area contributed by atoms with E-state index in [-0.39, 0.29) is 16.9 Å². The van der Waals surface area contributed by atoms with Crippen LogP contribution in [-0.2, 0) is 0 Å². The number of carbonyl (C=O) groups excluding carboxylic acids is 2. The number of hydrogen-bond donors (Lipinski definition) is 3. The molecule has 2 amide bonds. The quantitative estimate of drug-likeness (QED) is 0.545. The van der Waals surface area contributed by atoms with Crippen molar-refractivity contribution < 1.29 is 9.59 Å². The van der Waals surface area contributed by atoms with Crippen molar-refractivity contribution in [1.29, 1.82) is 0 Å². The zero-order chi connectivity index (χ0) is 19.9. The predicted molar refractivity (Wildman–Crippen MR) is 116 cm³/mol. The van der Waals surface area contributed by atoms with Gasteiger partial charge in [-0.15, -0.1) is 0 Å². The molecule has 3 N–H and O–H groups in total. The summed E-state index contributed by atoms with van der Waals surface area (Å²) >= 11 is 11.1. The summed E-state index contributed by atoms with van der Waals surface area (Å²) in [6.45, 7) is 0. The molecule has 3 aromatic rings. The minimum absolute atomic E-state index is 0.140. The second-order valence-corrected chi connectivity index (χ2v) is 6.66. The van der Waals surface area contributed by atoms with Gasteiger partial charge in [-0.1, -0.05) is 41.9 Å². The zero-order valence-corrected chi connectivity index (χ0v) is 16.2. The van der Waals surface area contributed by atoms with Crippen LogP contribution in [0.15, 0.2) is 78.9 Å². The van der Waals surface area contributed by atoms with Crippen LogP contribution < -0.4 is 16.0 Å². The third-order valence-corrected chi connectivity index (χ3v) is 4.17. The van der Waals surface area contributed by atoms with Crippen LogP contribution >= 0.6 is 23.8 Å². The van der Waals surface area contributed by atoms with Gasteiger partial charge in [0.05, 0.1) is 0 Å². The van der Waals surface area contributed by atoms with Gasteiger partial charge in [-0.3, -0.25) is 14.9 Å². The highest BCUT2D eigenvalue weighted by atomic mass is 35.5. The van der Waals surface area contributed by atoms with Crippen molar-refractivity contribution in [3.8, 4) is 0 Å². The van der Waals surface area contributed by atoms with Gasteiger partial charge in [0.2, 0.25) is 0 Å². The van der Waals surface area contributed by atoms with E-state index in [2.05, 4.69) is 16.0 Å². The molecule has 5 nitrogen and oxygen atoms in total. The number of amides is 2.